The fourth-order valence-corrected chi connectivity index (χ4v) is 3.04. The Hall–Kier alpha value is -0.850. The second kappa shape index (κ2) is 5.86. The van der Waals surface area contributed by atoms with Gasteiger partial charge < -0.3 is 10.2 Å². The molecule has 2 aliphatic rings. The van der Waals surface area contributed by atoms with E-state index in [-0.39, 0.29) is 23.5 Å². The summed E-state index contributed by atoms with van der Waals surface area (Å²) >= 11 is 0. The van der Waals surface area contributed by atoms with E-state index in [1.165, 1.54) is 0 Å². The zero-order valence-corrected chi connectivity index (χ0v) is 10.9. The third-order valence-electron chi connectivity index (χ3n) is 4.24. The number of hydrogen-bond donors (Lipinski definition) is 2. The molecule has 0 amide bonds. The number of fused-ring (bicyclic) bond motifs is 1. The van der Waals surface area contributed by atoms with Crippen molar-refractivity contribution in [3.63, 3.8) is 0 Å². The summed E-state index contributed by atoms with van der Waals surface area (Å²) in [5.41, 5.74) is 0. The van der Waals surface area contributed by atoms with Crippen molar-refractivity contribution in [3.05, 3.63) is 0 Å². The average molecular weight is 250 g/mol. The van der Waals surface area contributed by atoms with Crippen LogP contribution in [0.3, 0.4) is 0 Å². The number of Topliss-reactive ketones (excluding diaryl/α,β-unsaturated/α-hetero) is 1. The molecule has 2 N–H and O–H groups in total. The first kappa shape index (κ1) is 13.6. The first-order chi connectivity index (χ1) is 8.63. The van der Waals surface area contributed by atoms with Gasteiger partial charge in [0.1, 0.15) is 11.9 Å². The van der Waals surface area contributed by atoms with Crippen molar-refractivity contribution in [2.75, 3.05) is 0 Å². The maximum absolute atomic E-state index is 11.3. The van der Waals surface area contributed by atoms with Crippen LogP contribution in [0.1, 0.15) is 45.4 Å². The number of hydrogen-bond acceptors (Lipinski definition) is 3. The average Bonchev–Trinajstić information content (AvgIpc) is 2.59. The summed E-state index contributed by atoms with van der Waals surface area (Å²) in [6.45, 7) is 2.13. The predicted molar refractivity (Wildman–Crippen MR) is 68.6 cm³/mol. The Kier molecular flexibility index (Phi) is 4.42. The van der Waals surface area contributed by atoms with E-state index in [0.717, 1.165) is 19.3 Å². The highest BCUT2D eigenvalue weighted by Gasteiger charge is 2.52. The lowest BCUT2D eigenvalue weighted by molar-refractivity contribution is -0.133. The maximum atomic E-state index is 11.3. The lowest BCUT2D eigenvalue weighted by Crippen LogP contribution is -2.35. The van der Waals surface area contributed by atoms with Gasteiger partial charge in [-0.15, -0.1) is 0 Å². The van der Waals surface area contributed by atoms with Gasteiger partial charge >= 0.3 is 0 Å². The molecule has 0 saturated heterocycles. The van der Waals surface area contributed by atoms with Crippen LogP contribution in [0.2, 0.25) is 0 Å². The number of ketones is 1. The van der Waals surface area contributed by atoms with Crippen molar-refractivity contribution in [2.24, 2.45) is 17.8 Å². The molecule has 0 aliphatic heterocycles. The minimum atomic E-state index is -0.585. The van der Waals surface area contributed by atoms with Crippen molar-refractivity contribution in [3.8, 4) is 11.8 Å². The number of unbranched alkanes of at least 4 members (excludes halogenated alkanes) is 2. The molecule has 0 radical (unpaired) electrons. The molecule has 5 unspecified atom stereocenters. The Morgan fingerprint density at radius 1 is 1.44 bits per heavy atom. The molecule has 0 spiro atoms. The molecule has 3 nitrogen and oxygen atoms in total. The van der Waals surface area contributed by atoms with E-state index < -0.39 is 12.2 Å². The van der Waals surface area contributed by atoms with Crippen molar-refractivity contribution in [2.45, 2.75) is 57.7 Å². The molecule has 0 heterocycles. The molecule has 5 atom stereocenters. The first-order valence-electron chi connectivity index (χ1n) is 7.03. The van der Waals surface area contributed by atoms with Crippen LogP contribution in [0, 0.1) is 29.6 Å². The van der Waals surface area contributed by atoms with Crippen LogP contribution in [0.25, 0.3) is 0 Å². The maximum Gasteiger partial charge on any atom is 0.136 e. The smallest absolute Gasteiger partial charge is 0.136 e. The van der Waals surface area contributed by atoms with Gasteiger partial charge in [0, 0.05) is 12.3 Å². The Bertz CT molecular complexity index is 366. The van der Waals surface area contributed by atoms with Crippen LogP contribution >= 0.6 is 0 Å². The number of aliphatic hydroxyl groups excluding tert-OH is 2. The van der Waals surface area contributed by atoms with Crippen molar-refractivity contribution >= 4 is 5.78 Å². The molecule has 0 aromatic rings. The first-order valence-corrected chi connectivity index (χ1v) is 7.03. The molecule has 2 aliphatic carbocycles. The van der Waals surface area contributed by atoms with E-state index in [0.29, 0.717) is 19.3 Å². The second-order valence-corrected chi connectivity index (χ2v) is 5.57. The van der Waals surface area contributed by atoms with Crippen molar-refractivity contribution in [1.29, 1.82) is 0 Å². The molecule has 100 valence electrons. The highest BCUT2D eigenvalue weighted by molar-refractivity contribution is 5.88. The molecule has 0 aromatic carbocycles. The molecule has 18 heavy (non-hydrogen) atoms. The molecule has 0 aromatic heterocycles. The standard InChI is InChI=1S/C15H22O3/c1-2-3-4-5-10(16)6-7-11-12-8-15(18)13(12)9-14(11)17/h10-14,16-17H,2-5,8-9H2,1H3. The van der Waals surface area contributed by atoms with Gasteiger partial charge in [-0.3, -0.25) is 4.79 Å². The molecule has 2 fully saturated rings. The number of rotatable bonds is 4. The van der Waals surface area contributed by atoms with E-state index >= 15 is 0 Å². The van der Waals surface area contributed by atoms with E-state index in [2.05, 4.69) is 18.8 Å². The highest BCUT2D eigenvalue weighted by Crippen LogP contribution is 2.47. The quantitative estimate of drug-likeness (QED) is 0.587. The second-order valence-electron chi connectivity index (χ2n) is 5.57. The zero-order chi connectivity index (χ0) is 13.1. The number of carbonyl (C=O) groups is 1. The minimum Gasteiger partial charge on any atom is -0.392 e. The lowest BCUT2D eigenvalue weighted by Gasteiger charge is -2.30. The third-order valence-corrected chi connectivity index (χ3v) is 4.24. The van der Waals surface area contributed by atoms with Crippen LogP contribution in [-0.4, -0.2) is 28.2 Å². The Balaban J connectivity index is 1.84. The summed E-state index contributed by atoms with van der Waals surface area (Å²) in [5, 5.41) is 19.6. The SMILES string of the molecule is CCCCCC(O)C#CC1C(O)CC2C(=O)CC21. The van der Waals surface area contributed by atoms with Gasteiger partial charge in [0.15, 0.2) is 0 Å². The molecule has 2 rings (SSSR count). The highest BCUT2D eigenvalue weighted by atomic mass is 16.3. The summed E-state index contributed by atoms with van der Waals surface area (Å²) in [6, 6.07) is 0. The Labute approximate surface area is 109 Å². The molecule has 2 saturated carbocycles. The van der Waals surface area contributed by atoms with Crippen LogP contribution < -0.4 is 0 Å². The third kappa shape index (κ3) is 2.76. The Morgan fingerprint density at radius 3 is 2.83 bits per heavy atom. The van der Waals surface area contributed by atoms with E-state index in [1.807, 2.05) is 0 Å². The summed E-state index contributed by atoms with van der Waals surface area (Å²) in [5.74, 6) is 6.30. The molecule has 0 bridgehead atoms. The molecular weight excluding hydrogens is 228 g/mol. The van der Waals surface area contributed by atoms with Gasteiger partial charge in [-0.1, -0.05) is 31.6 Å². The summed E-state index contributed by atoms with van der Waals surface area (Å²) < 4.78 is 0. The van der Waals surface area contributed by atoms with Crippen molar-refractivity contribution < 1.29 is 15.0 Å². The lowest BCUT2D eigenvalue weighted by atomic mass is 9.71. The van der Waals surface area contributed by atoms with Gasteiger partial charge in [0.2, 0.25) is 0 Å². The fourth-order valence-electron chi connectivity index (χ4n) is 3.04. The fraction of sp³-hybridized carbons (Fsp3) is 0.800. The Morgan fingerprint density at radius 2 is 2.22 bits per heavy atom. The topological polar surface area (TPSA) is 57.5 Å². The normalized spacial score (nSPS) is 35.4. The van der Waals surface area contributed by atoms with Gasteiger partial charge in [0.25, 0.3) is 0 Å². The van der Waals surface area contributed by atoms with Gasteiger partial charge in [0.05, 0.1) is 12.0 Å². The molecular formula is C15H22O3. The predicted octanol–water partition coefficient (Wildman–Crippen LogP) is 1.52. The number of carbonyl (C=O) groups excluding carboxylic acids is 1. The minimum absolute atomic E-state index is 0.0385. The van der Waals surface area contributed by atoms with Crippen LogP contribution in [0.5, 0.6) is 0 Å². The number of aliphatic hydroxyl groups is 2. The van der Waals surface area contributed by atoms with Crippen LogP contribution in [0.15, 0.2) is 0 Å². The summed E-state index contributed by atoms with van der Waals surface area (Å²) in [4.78, 5) is 11.3. The van der Waals surface area contributed by atoms with E-state index in [9.17, 15) is 15.0 Å². The summed E-state index contributed by atoms with van der Waals surface area (Å²) in [7, 11) is 0. The van der Waals surface area contributed by atoms with Gasteiger partial charge in [-0.25, -0.2) is 0 Å². The zero-order valence-electron chi connectivity index (χ0n) is 10.9. The van der Waals surface area contributed by atoms with Gasteiger partial charge in [-0.2, -0.15) is 0 Å². The van der Waals surface area contributed by atoms with E-state index in [4.69, 9.17) is 0 Å². The van der Waals surface area contributed by atoms with Gasteiger partial charge in [-0.05, 0) is 25.2 Å². The van der Waals surface area contributed by atoms with Crippen molar-refractivity contribution in [1.82, 2.24) is 0 Å². The molecule has 3 heteroatoms. The van der Waals surface area contributed by atoms with Crippen LogP contribution in [0.4, 0.5) is 0 Å². The van der Waals surface area contributed by atoms with Crippen LogP contribution in [-0.2, 0) is 4.79 Å². The van der Waals surface area contributed by atoms with E-state index in [1.54, 1.807) is 0 Å². The monoisotopic (exact) mass is 250 g/mol. The summed E-state index contributed by atoms with van der Waals surface area (Å²) in [6.07, 6.45) is 4.00. The largest absolute Gasteiger partial charge is 0.392 e.